The zero-order chi connectivity index (χ0) is 20.4. The molecule has 0 saturated carbocycles. The molecule has 0 bridgehead atoms. The lowest BCUT2D eigenvalue weighted by atomic mass is 9.93. The van der Waals surface area contributed by atoms with E-state index in [0.717, 1.165) is 27.8 Å². The van der Waals surface area contributed by atoms with E-state index in [4.69, 9.17) is 5.11 Å². The molecule has 2 aromatic carbocycles. The maximum Gasteiger partial charge on any atom is 0.322 e. The molecule has 3 aromatic rings. The van der Waals surface area contributed by atoms with Gasteiger partial charge in [-0.25, -0.2) is 0 Å². The van der Waals surface area contributed by atoms with E-state index < -0.39 is 5.97 Å². The van der Waals surface area contributed by atoms with E-state index in [0.29, 0.717) is 5.57 Å². The van der Waals surface area contributed by atoms with E-state index in [1.54, 1.807) is 13.0 Å². The van der Waals surface area contributed by atoms with Gasteiger partial charge in [-0.15, -0.1) is 0 Å². The van der Waals surface area contributed by atoms with Crippen molar-refractivity contribution in [2.24, 2.45) is 7.05 Å². The van der Waals surface area contributed by atoms with Gasteiger partial charge >= 0.3 is 5.97 Å². The van der Waals surface area contributed by atoms with Crippen molar-refractivity contribution in [3.05, 3.63) is 64.9 Å². The lowest BCUT2D eigenvalue weighted by Crippen LogP contribution is -2.29. The number of amides is 1. The quantitative estimate of drug-likeness (QED) is 0.660. The van der Waals surface area contributed by atoms with Crippen LogP contribution in [-0.4, -0.2) is 28.1 Å². The minimum Gasteiger partial charge on any atom is -0.480 e. The molecule has 1 amide bonds. The Balaban J connectivity index is 1.92. The molecule has 0 saturated heterocycles. The maximum atomic E-state index is 12.0. The summed E-state index contributed by atoms with van der Waals surface area (Å²) in [6.07, 6.45) is 3.85. The van der Waals surface area contributed by atoms with Crippen molar-refractivity contribution in [2.75, 3.05) is 6.54 Å². The van der Waals surface area contributed by atoms with Gasteiger partial charge in [0.25, 0.3) is 0 Å². The lowest BCUT2D eigenvalue weighted by molar-refractivity contribution is -0.137. The van der Waals surface area contributed by atoms with Crippen LogP contribution >= 0.6 is 0 Å². The number of hydrogen-bond donors (Lipinski definition) is 2. The van der Waals surface area contributed by atoms with Crippen LogP contribution in [-0.2, 0) is 16.6 Å². The van der Waals surface area contributed by atoms with Gasteiger partial charge in [0.15, 0.2) is 0 Å². The summed E-state index contributed by atoms with van der Waals surface area (Å²) in [4.78, 5) is 22.6. The minimum atomic E-state index is -1.06. The number of carbonyl (C=O) groups excluding carboxylic acids is 1. The van der Waals surface area contributed by atoms with Crippen LogP contribution in [0.5, 0.6) is 0 Å². The van der Waals surface area contributed by atoms with Crippen molar-refractivity contribution >= 4 is 28.9 Å². The largest absolute Gasteiger partial charge is 0.480 e. The molecule has 0 aliphatic heterocycles. The number of aryl methyl sites for hydroxylation is 3. The summed E-state index contributed by atoms with van der Waals surface area (Å²) in [5.41, 5.74) is 7.11. The van der Waals surface area contributed by atoms with E-state index >= 15 is 0 Å². The van der Waals surface area contributed by atoms with Gasteiger partial charge < -0.3 is 15.0 Å². The first kappa shape index (κ1) is 19.4. The Morgan fingerprint density at radius 1 is 1.11 bits per heavy atom. The van der Waals surface area contributed by atoms with Crippen molar-refractivity contribution in [1.29, 1.82) is 0 Å². The number of aromatic nitrogens is 1. The second kappa shape index (κ2) is 7.72. The number of fused-ring (bicyclic) bond motifs is 1. The van der Waals surface area contributed by atoms with Crippen LogP contribution in [0.15, 0.2) is 48.2 Å². The van der Waals surface area contributed by atoms with Gasteiger partial charge in [0.1, 0.15) is 6.54 Å². The highest BCUT2D eigenvalue weighted by Gasteiger charge is 2.10. The van der Waals surface area contributed by atoms with Crippen molar-refractivity contribution < 1.29 is 14.7 Å². The molecule has 144 valence electrons. The zero-order valence-electron chi connectivity index (χ0n) is 16.5. The molecule has 2 N–H and O–H groups in total. The van der Waals surface area contributed by atoms with Gasteiger partial charge in [-0.2, -0.15) is 0 Å². The Morgan fingerprint density at radius 3 is 2.57 bits per heavy atom. The fourth-order valence-electron chi connectivity index (χ4n) is 3.35. The Labute approximate surface area is 164 Å². The summed E-state index contributed by atoms with van der Waals surface area (Å²) in [5, 5.41) is 12.3. The number of aliphatic carboxylic acids is 1. The van der Waals surface area contributed by atoms with E-state index in [1.165, 1.54) is 10.9 Å². The van der Waals surface area contributed by atoms with Crippen molar-refractivity contribution in [3.63, 3.8) is 0 Å². The third-order valence-electron chi connectivity index (χ3n) is 4.94. The van der Waals surface area contributed by atoms with E-state index in [9.17, 15) is 9.59 Å². The third-order valence-corrected chi connectivity index (χ3v) is 4.94. The molecule has 0 fully saturated rings. The number of carbonyl (C=O) groups is 2. The fraction of sp³-hybridized carbons (Fsp3) is 0.217. The molecule has 0 radical (unpaired) electrons. The fourth-order valence-corrected chi connectivity index (χ4v) is 3.35. The molecule has 0 aliphatic carbocycles. The van der Waals surface area contributed by atoms with Gasteiger partial charge in [-0.3, -0.25) is 9.59 Å². The topological polar surface area (TPSA) is 71.3 Å². The Kier molecular flexibility index (Phi) is 5.36. The predicted molar refractivity (Wildman–Crippen MR) is 112 cm³/mol. The molecule has 0 spiro atoms. The van der Waals surface area contributed by atoms with E-state index in [1.807, 2.05) is 14.0 Å². The Hall–Kier alpha value is -3.34. The zero-order valence-corrected chi connectivity index (χ0v) is 16.5. The molecule has 5 heteroatoms. The van der Waals surface area contributed by atoms with Crippen LogP contribution < -0.4 is 5.32 Å². The first-order valence-electron chi connectivity index (χ1n) is 9.11. The van der Waals surface area contributed by atoms with Gasteiger partial charge in [0.2, 0.25) is 5.91 Å². The average molecular weight is 376 g/mol. The molecule has 1 aromatic heterocycles. The predicted octanol–water partition coefficient (Wildman–Crippen LogP) is 4.07. The van der Waals surface area contributed by atoms with Crippen LogP contribution in [0.1, 0.15) is 23.6 Å². The number of benzene rings is 2. The van der Waals surface area contributed by atoms with E-state index in [-0.39, 0.29) is 12.5 Å². The molecular weight excluding hydrogens is 352 g/mol. The summed E-state index contributed by atoms with van der Waals surface area (Å²) < 4.78 is 2.10. The van der Waals surface area contributed by atoms with Crippen LogP contribution in [0.2, 0.25) is 0 Å². The highest BCUT2D eigenvalue weighted by atomic mass is 16.4. The minimum absolute atomic E-state index is 0.377. The molecular formula is C23H24N2O3. The summed E-state index contributed by atoms with van der Waals surface area (Å²) in [6, 6.07) is 12.8. The monoisotopic (exact) mass is 376 g/mol. The first-order chi connectivity index (χ1) is 13.3. The Bertz CT molecular complexity index is 1110. The number of rotatable bonds is 5. The van der Waals surface area contributed by atoms with Crippen LogP contribution in [0, 0.1) is 13.8 Å². The van der Waals surface area contributed by atoms with Crippen LogP contribution in [0.4, 0.5) is 0 Å². The molecule has 0 aliphatic rings. The lowest BCUT2D eigenvalue weighted by Gasteiger charge is -2.12. The highest BCUT2D eigenvalue weighted by molar-refractivity contribution is 5.98. The molecule has 3 rings (SSSR count). The number of nitrogens with one attached hydrogen (secondary N) is 1. The highest BCUT2D eigenvalue weighted by Crippen LogP contribution is 2.30. The first-order valence-corrected chi connectivity index (χ1v) is 9.11. The standard InChI is InChI=1S/C23H24N2O3/c1-14-11-20(17-5-6-21-18(12-17)7-8-25(21)4)15(2)9-19(14)10-16(3)23(28)24-13-22(26)27/h5-12H,13H2,1-4H3,(H,24,28)(H,26,27). The summed E-state index contributed by atoms with van der Waals surface area (Å²) in [5.74, 6) is -1.44. The molecule has 5 nitrogen and oxygen atoms in total. The van der Waals surface area contributed by atoms with Gasteiger partial charge in [-0.05, 0) is 72.9 Å². The van der Waals surface area contributed by atoms with Crippen LogP contribution in [0.25, 0.3) is 28.1 Å². The van der Waals surface area contributed by atoms with Crippen molar-refractivity contribution in [3.8, 4) is 11.1 Å². The molecule has 1 heterocycles. The van der Waals surface area contributed by atoms with Crippen LogP contribution in [0.3, 0.4) is 0 Å². The maximum absolute atomic E-state index is 12.0. The van der Waals surface area contributed by atoms with Crippen molar-refractivity contribution in [1.82, 2.24) is 9.88 Å². The number of nitrogens with zero attached hydrogens (tertiary/aromatic N) is 1. The third kappa shape index (κ3) is 3.98. The second-order valence-corrected chi connectivity index (χ2v) is 7.13. The average Bonchev–Trinajstić information content (AvgIpc) is 3.02. The summed E-state index contributed by atoms with van der Waals surface area (Å²) in [6.45, 7) is 5.37. The van der Waals surface area contributed by atoms with E-state index in [2.05, 4.69) is 59.4 Å². The smallest absolute Gasteiger partial charge is 0.322 e. The molecule has 0 unspecified atom stereocenters. The second-order valence-electron chi connectivity index (χ2n) is 7.13. The van der Waals surface area contributed by atoms with Gasteiger partial charge in [0, 0.05) is 29.7 Å². The normalized spacial score (nSPS) is 11.6. The SMILES string of the molecule is CC(=Cc1cc(C)c(-c2ccc3c(ccn3C)c2)cc1C)C(=O)NCC(=O)O. The molecule has 0 atom stereocenters. The summed E-state index contributed by atoms with van der Waals surface area (Å²) in [7, 11) is 2.04. The summed E-state index contributed by atoms with van der Waals surface area (Å²) >= 11 is 0. The number of carboxylic acids is 1. The Morgan fingerprint density at radius 2 is 1.86 bits per heavy atom. The van der Waals surface area contributed by atoms with Gasteiger partial charge in [0.05, 0.1) is 0 Å². The number of carboxylic acid groups (broad SMARTS) is 1. The number of hydrogen-bond acceptors (Lipinski definition) is 2. The van der Waals surface area contributed by atoms with Gasteiger partial charge in [-0.1, -0.05) is 18.2 Å². The molecule has 28 heavy (non-hydrogen) atoms. The van der Waals surface area contributed by atoms with Crippen molar-refractivity contribution in [2.45, 2.75) is 20.8 Å².